The number of hydrogen-bond donors (Lipinski definition) is 1. The van der Waals surface area contributed by atoms with Gasteiger partial charge in [-0.2, -0.15) is 0 Å². The Morgan fingerprint density at radius 1 is 1.35 bits per heavy atom. The summed E-state index contributed by atoms with van der Waals surface area (Å²) in [6.07, 6.45) is 3.65. The second-order valence-electron chi connectivity index (χ2n) is 4.65. The van der Waals surface area contributed by atoms with Crippen LogP contribution < -0.4 is 5.32 Å². The third-order valence-corrected chi connectivity index (χ3v) is 3.29. The molecule has 0 saturated carbocycles. The molecule has 5 nitrogen and oxygen atoms in total. The minimum atomic E-state index is -0.375. The molecule has 1 saturated heterocycles. The Kier molecular flexibility index (Phi) is 3.35. The van der Waals surface area contributed by atoms with E-state index in [1.165, 1.54) is 0 Å². The van der Waals surface area contributed by atoms with Gasteiger partial charge in [0.05, 0.1) is 12.2 Å². The first-order valence-electron chi connectivity index (χ1n) is 6.37. The lowest BCUT2D eigenvalue weighted by molar-refractivity contribution is -0.144. The fourth-order valence-electron chi connectivity index (χ4n) is 2.29. The van der Waals surface area contributed by atoms with E-state index in [-0.39, 0.29) is 18.7 Å². The van der Waals surface area contributed by atoms with Crippen LogP contribution in [0.2, 0.25) is 0 Å². The summed E-state index contributed by atoms with van der Waals surface area (Å²) < 4.78 is 5.42. The SMILES string of the molecule is O=CC1=CNC2OCC(=O)N(Cc3ccccc3)C2=C1. The molecule has 1 unspecified atom stereocenters. The Labute approximate surface area is 116 Å². The zero-order valence-corrected chi connectivity index (χ0v) is 10.8. The van der Waals surface area contributed by atoms with Gasteiger partial charge in [0.2, 0.25) is 0 Å². The van der Waals surface area contributed by atoms with E-state index in [9.17, 15) is 9.59 Å². The number of benzene rings is 1. The Balaban J connectivity index is 1.90. The molecular formula is C15H14N2O3. The second kappa shape index (κ2) is 5.30. The summed E-state index contributed by atoms with van der Waals surface area (Å²) >= 11 is 0. The van der Waals surface area contributed by atoms with Crippen LogP contribution in [0.25, 0.3) is 0 Å². The van der Waals surface area contributed by atoms with Crippen LogP contribution in [0.3, 0.4) is 0 Å². The van der Waals surface area contributed by atoms with Crippen LogP contribution in [0, 0.1) is 0 Å². The molecule has 1 amide bonds. The summed E-state index contributed by atoms with van der Waals surface area (Å²) in [7, 11) is 0. The molecule has 2 aliphatic rings. The van der Waals surface area contributed by atoms with Crippen molar-refractivity contribution in [3.63, 3.8) is 0 Å². The maximum absolute atomic E-state index is 12.1. The molecule has 1 atom stereocenters. The third-order valence-electron chi connectivity index (χ3n) is 3.29. The number of morpholine rings is 1. The van der Waals surface area contributed by atoms with Crippen molar-refractivity contribution < 1.29 is 14.3 Å². The number of hydrogen-bond acceptors (Lipinski definition) is 4. The number of fused-ring (bicyclic) bond motifs is 1. The topological polar surface area (TPSA) is 58.6 Å². The number of amides is 1. The van der Waals surface area contributed by atoms with Gasteiger partial charge in [-0.1, -0.05) is 30.3 Å². The van der Waals surface area contributed by atoms with Crippen molar-refractivity contribution in [2.75, 3.05) is 6.61 Å². The van der Waals surface area contributed by atoms with Crippen molar-refractivity contribution in [1.82, 2.24) is 10.2 Å². The van der Waals surface area contributed by atoms with Gasteiger partial charge in [-0.3, -0.25) is 9.59 Å². The molecule has 2 heterocycles. The molecule has 0 aliphatic carbocycles. The van der Waals surface area contributed by atoms with Crippen LogP contribution in [-0.4, -0.2) is 29.9 Å². The zero-order chi connectivity index (χ0) is 13.9. The van der Waals surface area contributed by atoms with Crippen molar-refractivity contribution in [3.05, 3.63) is 59.4 Å². The van der Waals surface area contributed by atoms with Gasteiger partial charge in [0, 0.05) is 11.8 Å². The van der Waals surface area contributed by atoms with Crippen molar-refractivity contribution in [1.29, 1.82) is 0 Å². The lowest BCUT2D eigenvalue weighted by Gasteiger charge is -2.37. The van der Waals surface area contributed by atoms with E-state index in [2.05, 4.69) is 5.32 Å². The first kappa shape index (κ1) is 12.6. The lowest BCUT2D eigenvalue weighted by Crippen LogP contribution is -2.49. The van der Waals surface area contributed by atoms with E-state index in [1.54, 1.807) is 17.2 Å². The van der Waals surface area contributed by atoms with E-state index < -0.39 is 0 Å². The van der Waals surface area contributed by atoms with Crippen molar-refractivity contribution in [2.45, 2.75) is 12.8 Å². The summed E-state index contributed by atoms with van der Waals surface area (Å²) in [6.45, 7) is 0.505. The maximum Gasteiger partial charge on any atom is 0.253 e. The highest BCUT2D eigenvalue weighted by atomic mass is 16.5. The van der Waals surface area contributed by atoms with Gasteiger partial charge < -0.3 is 15.0 Å². The molecule has 0 bridgehead atoms. The van der Waals surface area contributed by atoms with E-state index in [4.69, 9.17) is 4.74 Å². The predicted molar refractivity (Wildman–Crippen MR) is 72.1 cm³/mol. The highest BCUT2D eigenvalue weighted by Gasteiger charge is 2.32. The summed E-state index contributed by atoms with van der Waals surface area (Å²) in [5, 5.41) is 2.98. The van der Waals surface area contributed by atoms with Crippen LogP contribution in [0.5, 0.6) is 0 Å². The minimum absolute atomic E-state index is 0.0338. The van der Waals surface area contributed by atoms with E-state index in [0.29, 0.717) is 17.8 Å². The van der Waals surface area contributed by atoms with Gasteiger partial charge in [-0.25, -0.2) is 0 Å². The maximum atomic E-state index is 12.1. The monoisotopic (exact) mass is 270 g/mol. The van der Waals surface area contributed by atoms with Crippen molar-refractivity contribution >= 4 is 12.2 Å². The van der Waals surface area contributed by atoms with E-state index in [1.807, 2.05) is 30.3 Å². The highest BCUT2D eigenvalue weighted by Crippen LogP contribution is 2.23. The molecule has 3 rings (SSSR count). The minimum Gasteiger partial charge on any atom is -0.361 e. The molecule has 1 N–H and O–H groups in total. The van der Waals surface area contributed by atoms with Gasteiger partial charge in [-0.15, -0.1) is 0 Å². The lowest BCUT2D eigenvalue weighted by atomic mass is 10.1. The molecule has 102 valence electrons. The molecule has 0 aromatic heterocycles. The quantitative estimate of drug-likeness (QED) is 0.831. The largest absolute Gasteiger partial charge is 0.361 e. The molecular weight excluding hydrogens is 256 g/mol. The molecule has 1 aromatic rings. The van der Waals surface area contributed by atoms with Gasteiger partial charge in [0.1, 0.15) is 6.61 Å². The zero-order valence-electron chi connectivity index (χ0n) is 10.8. The summed E-state index contributed by atoms with van der Waals surface area (Å²) in [5.74, 6) is -0.106. The normalized spacial score (nSPS) is 21.5. The fraction of sp³-hybridized carbons (Fsp3) is 0.200. The Morgan fingerprint density at radius 2 is 2.15 bits per heavy atom. The Bertz CT molecular complexity index is 592. The predicted octanol–water partition coefficient (Wildman–Crippen LogP) is 0.941. The average Bonchev–Trinajstić information content (AvgIpc) is 2.51. The van der Waals surface area contributed by atoms with Crippen LogP contribution >= 0.6 is 0 Å². The Morgan fingerprint density at radius 3 is 2.90 bits per heavy atom. The number of aldehydes is 1. The van der Waals surface area contributed by atoms with Crippen LogP contribution in [0.4, 0.5) is 0 Å². The molecule has 1 aromatic carbocycles. The molecule has 1 fully saturated rings. The van der Waals surface area contributed by atoms with Crippen LogP contribution in [-0.2, 0) is 20.9 Å². The van der Waals surface area contributed by atoms with Gasteiger partial charge in [0.25, 0.3) is 5.91 Å². The second-order valence-corrected chi connectivity index (χ2v) is 4.65. The van der Waals surface area contributed by atoms with Crippen LogP contribution in [0.1, 0.15) is 5.56 Å². The van der Waals surface area contributed by atoms with E-state index in [0.717, 1.165) is 11.8 Å². The standard InChI is InChI=1S/C15H14N2O3/c18-9-12-6-13-15(16-7-12)20-10-14(19)17(13)8-11-4-2-1-3-5-11/h1-7,9,15-16H,8,10H2. The molecule has 0 spiro atoms. The smallest absolute Gasteiger partial charge is 0.253 e. The van der Waals surface area contributed by atoms with Crippen molar-refractivity contribution in [3.8, 4) is 0 Å². The molecule has 20 heavy (non-hydrogen) atoms. The van der Waals surface area contributed by atoms with E-state index >= 15 is 0 Å². The summed E-state index contributed by atoms with van der Waals surface area (Å²) in [4.78, 5) is 24.6. The number of carbonyl (C=O) groups excluding carboxylic acids is 2. The first-order chi connectivity index (χ1) is 9.78. The van der Waals surface area contributed by atoms with Gasteiger partial charge >= 0.3 is 0 Å². The fourth-order valence-corrected chi connectivity index (χ4v) is 2.29. The number of carbonyl (C=O) groups is 2. The number of nitrogens with zero attached hydrogens (tertiary/aromatic N) is 1. The Hall–Kier alpha value is -2.40. The molecule has 5 heteroatoms. The van der Waals surface area contributed by atoms with Crippen LogP contribution in [0.15, 0.2) is 53.9 Å². The van der Waals surface area contributed by atoms with Gasteiger partial charge in [0.15, 0.2) is 12.5 Å². The number of nitrogens with one attached hydrogen (secondary N) is 1. The molecule has 0 radical (unpaired) electrons. The number of ether oxygens (including phenoxy) is 1. The molecule has 2 aliphatic heterocycles. The number of allylic oxidation sites excluding steroid dienone is 2. The highest BCUT2D eigenvalue weighted by molar-refractivity contribution is 5.83. The third kappa shape index (κ3) is 2.35. The van der Waals surface area contributed by atoms with Crippen molar-refractivity contribution in [2.24, 2.45) is 0 Å². The number of rotatable bonds is 3. The first-order valence-corrected chi connectivity index (χ1v) is 6.37. The number of dihydropyridines is 1. The average molecular weight is 270 g/mol. The summed E-state index contributed by atoms with van der Waals surface area (Å²) in [5.41, 5.74) is 2.20. The summed E-state index contributed by atoms with van der Waals surface area (Å²) in [6, 6.07) is 9.72. The van der Waals surface area contributed by atoms with Gasteiger partial charge in [-0.05, 0) is 11.6 Å².